The van der Waals surface area contributed by atoms with Gasteiger partial charge in [-0.3, -0.25) is 4.79 Å². The van der Waals surface area contributed by atoms with Crippen LogP contribution in [0.5, 0.6) is 0 Å². The Bertz CT molecular complexity index is 582. The van der Waals surface area contributed by atoms with Crippen LogP contribution < -0.4 is 5.32 Å². The molecule has 1 saturated carbocycles. The van der Waals surface area contributed by atoms with Crippen LogP contribution in [-0.4, -0.2) is 34.7 Å². The number of rotatable bonds is 4. The minimum absolute atomic E-state index is 0.0233. The number of hydrogen-bond donors (Lipinski definition) is 2. The Morgan fingerprint density at radius 2 is 2.04 bits per heavy atom. The molecule has 2 fully saturated rings. The van der Waals surface area contributed by atoms with Gasteiger partial charge in [-0.15, -0.1) is 0 Å². The van der Waals surface area contributed by atoms with Gasteiger partial charge < -0.3 is 10.4 Å². The monoisotopic (exact) mass is 345 g/mol. The Labute approximate surface area is 136 Å². The molecule has 1 heterocycles. The van der Waals surface area contributed by atoms with Crippen molar-refractivity contribution in [2.24, 2.45) is 5.92 Å². The molecule has 1 aliphatic heterocycles. The molecule has 1 aromatic rings. The second-order valence-corrected chi connectivity index (χ2v) is 7.42. The van der Waals surface area contributed by atoms with Crippen molar-refractivity contribution >= 4 is 17.7 Å². The largest absolute Gasteiger partial charge is 0.416 e. The van der Waals surface area contributed by atoms with Crippen molar-refractivity contribution in [2.75, 3.05) is 18.1 Å². The molecule has 1 aliphatic carbocycles. The van der Waals surface area contributed by atoms with E-state index in [9.17, 15) is 23.1 Å². The number of nitrogens with one attached hydrogen (secondary N) is 1. The van der Waals surface area contributed by atoms with Crippen LogP contribution in [0.1, 0.15) is 29.9 Å². The summed E-state index contributed by atoms with van der Waals surface area (Å²) in [6, 6.07) is 5.01. The van der Waals surface area contributed by atoms with Gasteiger partial charge >= 0.3 is 6.18 Å². The predicted octanol–water partition coefficient (Wildman–Crippen LogP) is 2.79. The zero-order valence-corrected chi connectivity index (χ0v) is 13.2. The molecule has 2 aliphatic rings. The molecule has 0 aromatic heterocycles. The van der Waals surface area contributed by atoms with Gasteiger partial charge in [0.25, 0.3) is 0 Å². The van der Waals surface area contributed by atoms with E-state index in [2.05, 4.69) is 5.32 Å². The summed E-state index contributed by atoms with van der Waals surface area (Å²) in [7, 11) is 0. The van der Waals surface area contributed by atoms with Gasteiger partial charge in [0.2, 0.25) is 5.91 Å². The van der Waals surface area contributed by atoms with Gasteiger partial charge in [-0.25, -0.2) is 0 Å². The summed E-state index contributed by atoms with van der Waals surface area (Å²) in [5, 5.41) is 13.0. The van der Waals surface area contributed by atoms with E-state index in [0.717, 1.165) is 23.4 Å². The highest BCUT2D eigenvalue weighted by Crippen LogP contribution is 2.48. The molecular formula is C16H18F3NO2S. The summed E-state index contributed by atoms with van der Waals surface area (Å²) < 4.78 is 37.6. The lowest BCUT2D eigenvalue weighted by Gasteiger charge is -2.21. The fourth-order valence-electron chi connectivity index (χ4n) is 2.89. The van der Waals surface area contributed by atoms with Crippen molar-refractivity contribution in [2.45, 2.75) is 30.5 Å². The van der Waals surface area contributed by atoms with Crippen LogP contribution in [0.4, 0.5) is 13.2 Å². The molecule has 0 bridgehead atoms. The first-order chi connectivity index (χ1) is 10.8. The number of aliphatic hydroxyl groups is 1. The maximum atomic E-state index is 12.5. The van der Waals surface area contributed by atoms with E-state index in [-0.39, 0.29) is 24.3 Å². The van der Waals surface area contributed by atoms with Crippen LogP contribution >= 0.6 is 11.8 Å². The van der Waals surface area contributed by atoms with Crippen LogP contribution in [0.3, 0.4) is 0 Å². The topological polar surface area (TPSA) is 49.3 Å². The zero-order valence-electron chi connectivity index (χ0n) is 12.4. The van der Waals surface area contributed by atoms with E-state index in [1.165, 1.54) is 12.1 Å². The third-order valence-electron chi connectivity index (χ3n) is 4.47. The molecule has 0 radical (unpaired) electrons. The van der Waals surface area contributed by atoms with Gasteiger partial charge in [-0.1, -0.05) is 12.1 Å². The Hall–Kier alpha value is -1.21. The first-order valence-corrected chi connectivity index (χ1v) is 8.69. The third kappa shape index (κ3) is 3.83. The number of thioether (sulfide) groups is 1. The maximum Gasteiger partial charge on any atom is 0.416 e. The molecular weight excluding hydrogens is 327 g/mol. The lowest BCUT2D eigenvalue weighted by molar-refractivity contribution is -0.137. The summed E-state index contributed by atoms with van der Waals surface area (Å²) in [6.07, 6.45) is -3.02. The van der Waals surface area contributed by atoms with E-state index in [4.69, 9.17) is 0 Å². The molecule has 2 N–H and O–H groups in total. The van der Waals surface area contributed by atoms with Gasteiger partial charge in [-0.2, -0.15) is 24.9 Å². The average molecular weight is 345 g/mol. The summed E-state index contributed by atoms with van der Waals surface area (Å²) in [5.41, 5.74) is -0.740. The predicted molar refractivity (Wildman–Crippen MR) is 82.2 cm³/mol. The van der Waals surface area contributed by atoms with Crippen molar-refractivity contribution in [1.82, 2.24) is 5.32 Å². The van der Waals surface area contributed by atoms with E-state index in [1.54, 1.807) is 11.8 Å². The second kappa shape index (κ2) is 6.02. The third-order valence-corrected chi connectivity index (χ3v) is 5.70. The molecule has 7 heteroatoms. The highest BCUT2D eigenvalue weighted by atomic mass is 32.2. The van der Waals surface area contributed by atoms with Gasteiger partial charge in [0, 0.05) is 18.2 Å². The molecule has 0 spiro atoms. The van der Waals surface area contributed by atoms with Crippen LogP contribution in [0, 0.1) is 5.92 Å². The Balaban J connectivity index is 1.53. The van der Waals surface area contributed by atoms with Gasteiger partial charge in [-0.05, 0) is 42.2 Å². The SMILES string of the molecule is O=C(NCC1(O)CCSC1)C1CC1c1ccc(C(F)(F)F)cc1. The Kier molecular flexibility index (Phi) is 4.35. The van der Waals surface area contributed by atoms with Crippen molar-refractivity contribution < 1.29 is 23.1 Å². The quantitative estimate of drug-likeness (QED) is 0.882. The fourth-order valence-corrected chi connectivity index (χ4v) is 4.19. The number of carbonyl (C=O) groups excluding carboxylic acids is 1. The first kappa shape index (κ1) is 16.6. The molecule has 3 rings (SSSR count). The number of hydrogen-bond acceptors (Lipinski definition) is 3. The van der Waals surface area contributed by atoms with Gasteiger partial charge in [0.05, 0.1) is 11.2 Å². The number of carbonyl (C=O) groups is 1. The lowest BCUT2D eigenvalue weighted by atomic mass is 10.0. The van der Waals surface area contributed by atoms with Crippen LogP contribution in [0.15, 0.2) is 24.3 Å². The highest BCUT2D eigenvalue weighted by molar-refractivity contribution is 7.99. The normalized spacial score (nSPS) is 30.3. The molecule has 3 atom stereocenters. The van der Waals surface area contributed by atoms with Crippen molar-refractivity contribution in [1.29, 1.82) is 0 Å². The van der Waals surface area contributed by atoms with Gasteiger partial charge in [0.1, 0.15) is 0 Å². The van der Waals surface area contributed by atoms with Crippen LogP contribution in [0.2, 0.25) is 0 Å². The Morgan fingerprint density at radius 3 is 2.61 bits per heavy atom. The number of alkyl halides is 3. The molecule has 3 nitrogen and oxygen atoms in total. The minimum atomic E-state index is -4.34. The standard InChI is InChI=1S/C16H18F3NO2S/c17-16(18,19)11-3-1-10(2-4-11)12-7-13(12)14(21)20-8-15(22)5-6-23-9-15/h1-4,12-13,22H,5-9H2,(H,20,21). The maximum absolute atomic E-state index is 12.5. The van der Waals surface area contributed by atoms with E-state index < -0.39 is 17.3 Å². The zero-order chi connectivity index (χ0) is 16.7. The van der Waals surface area contributed by atoms with E-state index in [1.807, 2.05) is 0 Å². The fraction of sp³-hybridized carbons (Fsp3) is 0.562. The highest BCUT2D eigenvalue weighted by Gasteiger charge is 2.45. The molecule has 3 unspecified atom stereocenters. The molecule has 1 saturated heterocycles. The number of amides is 1. The second-order valence-electron chi connectivity index (χ2n) is 6.31. The number of benzene rings is 1. The number of halogens is 3. The molecule has 23 heavy (non-hydrogen) atoms. The van der Waals surface area contributed by atoms with Crippen molar-refractivity contribution in [3.8, 4) is 0 Å². The average Bonchev–Trinajstić information content (AvgIpc) is 3.19. The molecule has 1 amide bonds. The summed E-state index contributed by atoms with van der Waals surface area (Å²) in [6.45, 7) is 0.245. The first-order valence-electron chi connectivity index (χ1n) is 7.53. The smallest absolute Gasteiger partial charge is 0.387 e. The Morgan fingerprint density at radius 1 is 1.35 bits per heavy atom. The molecule has 126 valence electrons. The summed E-state index contributed by atoms with van der Waals surface area (Å²) in [4.78, 5) is 12.1. The lowest BCUT2D eigenvalue weighted by Crippen LogP contribution is -2.43. The van der Waals surface area contributed by atoms with Crippen molar-refractivity contribution in [3.63, 3.8) is 0 Å². The van der Waals surface area contributed by atoms with E-state index in [0.29, 0.717) is 18.6 Å². The summed E-state index contributed by atoms with van der Waals surface area (Å²) >= 11 is 1.66. The van der Waals surface area contributed by atoms with Crippen LogP contribution in [0.25, 0.3) is 0 Å². The summed E-state index contributed by atoms with van der Waals surface area (Å²) in [5.74, 6) is 1.17. The minimum Gasteiger partial charge on any atom is -0.387 e. The van der Waals surface area contributed by atoms with E-state index >= 15 is 0 Å². The van der Waals surface area contributed by atoms with Crippen LogP contribution in [-0.2, 0) is 11.0 Å². The van der Waals surface area contributed by atoms with Gasteiger partial charge in [0.15, 0.2) is 0 Å². The van der Waals surface area contributed by atoms with Crippen molar-refractivity contribution in [3.05, 3.63) is 35.4 Å². The molecule has 1 aromatic carbocycles.